The third-order valence-corrected chi connectivity index (χ3v) is 5.32. The summed E-state index contributed by atoms with van der Waals surface area (Å²) in [7, 11) is 3.06. The number of carbonyl (C=O) groups is 1. The molecule has 184 valence electrons. The average molecular weight is 489 g/mol. The maximum absolute atomic E-state index is 14.8. The van der Waals surface area contributed by atoms with Crippen molar-refractivity contribution in [2.24, 2.45) is 0 Å². The summed E-state index contributed by atoms with van der Waals surface area (Å²) in [5, 5.41) is 14.1. The standard InChI is InChI=1S/C27H25FN4O4/c1-34-24-14-19-21(15-25(24)35-2)30-11-10-22(19)36-23-9-8-18(13-20(23)28)32-26(29)16-31-27(33)12-17-6-4-3-5-7-17/h3-11,13-15H,12,16H2,1-2H3,(H2,29,32)(H,31,33). The molecule has 3 N–H and O–H groups in total. The number of hydrogen-bond acceptors (Lipinski definition) is 6. The third-order valence-electron chi connectivity index (χ3n) is 5.32. The van der Waals surface area contributed by atoms with Crippen molar-refractivity contribution < 1.29 is 23.4 Å². The van der Waals surface area contributed by atoms with Crippen molar-refractivity contribution in [2.75, 3.05) is 26.1 Å². The summed E-state index contributed by atoms with van der Waals surface area (Å²) in [4.78, 5) is 16.4. The molecule has 8 nitrogen and oxygen atoms in total. The Morgan fingerprint density at radius 1 is 0.944 bits per heavy atom. The van der Waals surface area contributed by atoms with Crippen molar-refractivity contribution in [1.82, 2.24) is 10.3 Å². The van der Waals surface area contributed by atoms with E-state index in [0.717, 1.165) is 5.56 Å². The molecule has 0 aliphatic carbocycles. The Labute approximate surface area is 207 Å². The summed E-state index contributed by atoms with van der Waals surface area (Å²) in [6.45, 7) is -0.0141. The van der Waals surface area contributed by atoms with E-state index in [1.54, 1.807) is 30.5 Å². The van der Waals surface area contributed by atoms with Crippen LogP contribution >= 0.6 is 0 Å². The Hall–Kier alpha value is -4.66. The largest absolute Gasteiger partial charge is 0.493 e. The molecule has 0 spiro atoms. The van der Waals surface area contributed by atoms with Crippen LogP contribution in [0.2, 0.25) is 0 Å². The van der Waals surface area contributed by atoms with Crippen molar-refractivity contribution in [3.05, 3.63) is 84.3 Å². The minimum atomic E-state index is -0.619. The predicted octanol–water partition coefficient (Wildman–Crippen LogP) is 4.93. The van der Waals surface area contributed by atoms with Crippen molar-refractivity contribution in [1.29, 1.82) is 5.41 Å². The van der Waals surface area contributed by atoms with E-state index < -0.39 is 5.82 Å². The number of halogens is 1. The molecule has 36 heavy (non-hydrogen) atoms. The highest BCUT2D eigenvalue weighted by molar-refractivity contribution is 5.96. The number of amides is 1. The lowest BCUT2D eigenvalue weighted by molar-refractivity contribution is -0.120. The van der Waals surface area contributed by atoms with Gasteiger partial charge in [0.05, 0.1) is 32.7 Å². The second kappa shape index (κ2) is 11.2. The van der Waals surface area contributed by atoms with E-state index in [4.69, 9.17) is 19.6 Å². The second-order valence-electron chi connectivity index (χ2n) is 7.82. The molecule has 4 aromatic rings. The topological polar surface area (TPSA) is 106 Å². The number of rotatable bonds is 9. The number of nitrogens with zero attached hydrogens (tertiary/aromatic N) is 1. The highest BCUT2D eigenvalue weighted by Gasteiger charge is 2.14. The average Bonchev–Trinajstić information content (AvgIpc) is 2.89. The summed E-state index contributed by atoms with van der Waals surface area (Å²) in [6.07, 6.45) is 1.78. The number of methoxy groups -OCH3 is 2. The number of carbonyl (C=O) groups excluding carboxylic acids is 1. The molecular weight excluding hydrogens is 463 g/mol. The lowest BCUT2D eigenvalue weighted by Gasteiger charge is -2.14. The van der Waals surface area contributed by atoms with Gasteiger partial charge in [0, 0.05) is 29.4 Å². The molecule has 0 saturated heterocycles. The van der Waals surface area contributed by atoms with Crippen molar-refractivity contribution in [3.8, 4) is 23.0 Å². The summed E-state index contributed by atoms with van der Waals surface area (Å²) in [6, 6.07) is 18.7. The molecule has 3 aromatic carbocycles. The van der Waals surface area contributed by atoms with Crippen LogP contribution in [0.25, 0.3) is 10.9 Å². The zero-order valence-electron chi connectivity index (χ0n) is 19.8. The number of nitrogens with one attached hydrogen (secondary N) is 3. The Morgan fingerprint density at radius 2 is 1.69 bits per heavy atom. The first kappa shape index (κ1) is 24.5. The van der Waals surface area contributed by atoms with Gasteiger partial charge in [0.15, 0.2) is 23.1 Å². The number of benzene rings is 3. The minimum Gasteiger partial charge on any atom is -0.493 e. The number of pyridine rings is 1. The van der Waals surface area contributed by atoms with Gasteiger partial charge in [-0.05, 0) is 29.8 Å². The van der Waals surface area contributed by atoms with E-state index in [-0.39, 0.29) is 30.5 Å². The summed E-state index contributed by atoms with van der Waals surface area (Å²) in [5.41, 5.74) is 1.84. The first-order valence-electron chi connectivity index (χ1n) is 11.1. The molecule has 1 heterocycles. The highest BCUT2D eigenvalue weighted by atomic mass is 19.1. The molecular formula is C27H25FN4O4. The van der Waals surface area contributed by atoms with Crippen LogP contribution < -0.4 is 24.8 Å². The maximum Gasteiger partial charge on any atom is 0.224 e. The SMILES string of the molecule is COc1cc2nccc(Oc3ccc(NC(=N)CNC(=O)Cc4ccccc4)cc3F)c2cc1OC. The van der Waals surface area contributed by atoms with E-state index in [1.807, 2.05) is 30.3 Å². The van der Waals surface area contributed by atoms with Crippen LogP contribution in [0.1, 0.15) is 5.56 Å². The third kappa shape index (κ3) is 5.87. The minimum absolute atomic E-state index is 0.00512. The molecule has 0 saturated carbocycles. The number of amidine groups is 1. The van der Waals surface area contributed by atoms with E-state index in [0.29, 0.717) is 33.8 Å². The predicted molar refractivity (Wildman–Crippen MR) is 136 cm³/mol. The van der Waals surface area contributed by atoms with Crippen LogP contribution in [0, 0.1) is 11.2 Å². The Balaban J connectivity index is 1.40. The van der Waals surface area contributed by atoms with Crippen LogP contribution in [0.3, 0.4) is 0 Å². The lowest BCUT2D eigenvalue weighted by Crippen LogP contribution is -2.33. The van der Waals surface area contributed by atoms with E-state index in [9.17, 15) is 9.18 Å². The van der Waals surface area contributed by atoms with Gasteiger partial charge in [0.25, 0.3) is 0 Å². The molecule has 0 bridgehead atoms. The molecule has 0 unspecified atom stereocenters. The van der Waals surface area contributed by atoms with E-state index >= 15 is 0 Å². The molecule has 1 aromatic heterocycles. The summed E-state index contributed by atoms with van der Waals surface area (Å²) < 4.78 is 31.3. The van der Waals surface area contributed by atoms with Gasteiger partial charge in [-0.1, -0.05) is 30.3 Å². The van der Waals surface area contributed by atoms with E-state index in [2.05, 4.69) is 15.6 Å². The molecule has 0 fully saturated rings. The zero-order chi connectivity index (χ0) is 25.5. The van der Waals surface area contributed by atoms with Gasteiger partial charge in [-0.3, -0.25) is 15.2 Å². The van der Waals surface area contributed by atoms with Gasteiger partial charge in [-0.2, -0.15) is 0 Å². The van der Waals surface area contributed by atoms with Crippen molar-refractivity contribution in [2.45, 2.75) is 6.42 Å². The smallest absolute Gasteiger partial charge is 0.224 e. The van der Waals surface area contributed by atoms with Crippen molar-refractivity contribution in [3.63, 3.8) is 0 Å². The fraction of sp³-hybridized carbons (Fsp3) is 0.148. The maximum atomic E-state index is 14.8. The molecule has 0 aliphatic heterocycles. The molecule has 0 atom stereocenters. The zero-order valence-corrected chi connectivity index (χ0v) is 19.8. The van der Waals surface area contributed by atoms with Crippen LogP contribution in [0.5, 0.6) is 23.0 Å². The van der Waals surface area contributed by atoms with Gasteiger partial charge in [-0.25, -0.2) is 4.39 Å². The molecule has 0 radical (unpaired) electrons. The number of anilines is 1. The van der Waals surface area contributed by atoms with Gasteiger partial charge >= 0.3 is 0 Å². The number of aromatic nitrogens is 1. The van der Waals surface area contributed by atoms with Crippen LogP contribution in [0.4, 0.5) is 10.1 Å². The first-order valence-corrected chi connectivity index (χ1v) is 11.1. The lowest BCUT2D eigenvalue weighted by atomic mass is 10.1. The monoisotopic (exact) mass is 488 g/mol. The normalized spacial score (nSPS) is 10.5. The number of fused-ring (bicyclic) bond motifs is 1. The molecule has 9 heteroatoms. The quantitative estimate of drug-likeness (QED) is 0.228. The summed E-state index contributed by atoms with van der Waals surface area (Å²) >= 11 is 0. The van der Waals surface area contributed by atoms with Crippen LogP contribution in [-0.2, 0) is 11.2 Å². The molecule has 4 rings (SSSR count). The number of hydrogen-bond donors (Lipinski definition) is 3. The van der Waals surface area contributed by atoms with E-state index in [1.165, 1.54) is 26.4 Å². The van der Waals surface area contributed by atoms with Crippen LogP contribution in [0.15, 0.2) is 72.9 Å². The second-order valence-corrected chi connectivity index (χ2v) is 7.82. The van der Waals surface area contributed by atoms with Crippen molar-refractivity contribution >= 4 is 28.3 Å². The fourth-order valence-corrected chi connectivity index (χ4v) is 3.57. The molecule has 0 aliphatic rings. The highest BCUT2D eigenvalue weighted by Crippen LogP contribution is 2.37. The number of ether oxygens (including phenoxy) is 3. The van der Waals surface area contributed by atoms with Gasteiger partial charge < -0.3 is 24.8 Å². The van der Waals surface area contributed by atoms with Gasteiger partial charge in [0.2, 0.25) is 5.91 Å². The molecule has 1 amide bonds. The Kier molecular flexibility index (Phi) is 7.60. The van der Waals surface area contributed by atoms with Gasteiger partial charge in [0.1, 0.15) is 11.6 Å². The summed E-state index contributed by atoms with van der Waals surface area (Å²) in [5.74, 6) is 0.616. The first-order chi connectivity index (χ1) is 17.5. The van der Waals surface area contributed by atoms with Crippen LogP contribution in [-0.4, -0.2) is 37.5 Å². The Morgan fingerprint density at radius 3 is 2.42 bits per heavy atom. The fourth-order valence-electron chi connectivity index (χ4n) is 3.57. The van der Waals surface area contributed by atoms with Gasteiger partial charge in [-0.15, -0.1) is 0 Å². The Bertz CT molecular complexity index is 1400.